The van der Waals surface area contributed by atoms with Crippen LogP contribution in [-0.2, 0) is 14.0 Å². The summed E-state index contributed by atoms with van der Waals surface area (Å²) in [5, 5.41) is 38.7. The van der Waals surface area contributed by atoms with Crippen LogP contribution in [0.3, 0.4) is 0 Å². The quantitative estimate of drug-likeness (QED) is 0.471. The summed E-state index contributed by atoms with van der Waals surface area (Å²) in [6, 6.07) is 0. The van der Waals surface area contributed by atoms with Gasteiger partial charge < -0.3 is 29.6 Å². The maximum absolute atomic E-state index is 11.9. The van der Waals surface area contributed by atoms with Crippen LogP contribution in [0.15, 0.2) is 0 Å². The lowest BCUT2D eigenvalue weighted by atomic mass is 9.90. The molecule has 0 aliphatic carbocycles. The summed E-state index contributed by atoms with van der Waals surface area (Å²) in [6.07, 6.45) is -6.03. The maximum Gasteiger partial charge on any atom is 0.249 e. The maximum atomic E-state index is 11.9. The highest BCUT2D eigenvalue weighted by atomic mass is 28.4. The third-order valence-electron chi connectivity index (χ3n) is 2.90. The monoisotopic (exact) mass is 294 g/mol. The van der Waals surface area contributed by atoms with Gasteiger partial charge in [0.1, 0.15) is 24.4 Å². The fraction of sp³-hybridized carbons (Fsp3) is 0.909. The second-order valence-corrected chi connectivity index (χ2v) is 10.1. The molecule has 1 saturated heterocycles. The molecule has 0 spiro atoms. The molecule has 1 fully saturated rings. The largest absolute Gasteiger partial charge is 0.394 e. The van der Waals surface area contributed by atoms with E-state index in [-0.39, 0.29) is 0 Å². The number of ether oxygens (including phenoxy) is 1. The molecule has 0 radical (unpaired) electrons. The van der Waals surface area contributed by atoms with Gasteiger partial charge in [-0.15, -0.1) is 0 Å². The van der Waals surface area contributed by atoms with Crippen LogP contribution >= 0.6 is 0 Å². The van der Waals surface area contributed by atoms with Crippen molar-refractivity contribution < 1.29 is 34.4 Å². The number of hydrogen-bond donors (Lipinski definition) is 4. The summed E-state index contributed by atoms with van der Waals surface area (Å²) in [5.74, 6) is -2.66. The minimum absolute atomic E-state index is 0.602. The predicted octanol–water partition coefficient (Wildman–Crippen LogP) is -1.40. The minimum Gasteiger partial charge on any atom is -0.394 e. The van der Waals surface area contributed by atoms with Crippen molar-refractivity contribution in [2.45, 2.75) is 56.8 Å². The van der Waals surface area contributed by atoms with Gasteiger partial charge in [-0.3, -0.25) is 4.79 Å². The zero-order valence-electron chi connectivity index (χ0n) is 11.5. The van der Waals surface area contributed by atoms with Crippen molar-refractivity contribution in [3.8, 4) is 0 Å². The highest BCUT2D eigenvalue weighted by molar-refractivity contribution is 6.70. The first kappa shape index (κ1) is 16.7. The van der Waals surface area contributed by atoms with Crippen LogP contribution < -0.4 is 0 Å². The molecule has 0 saturated carbocycles. The summed E-state index contributed by atoms with van der Waals surface area (Å²) >= 11 is 0. The number of aliphatic hydroxyl groups excluding tert-OH is 4. The molecule has 0 aromatic heterocycles. The van der Waals surface area contributed by atoms with Crippen molar-refractivity contribution in [3.05, 3.63) is 0 Å². The van der Waals surface area contributed by atoms with Crippen LogP contribution in [0.25, 0.3) is 0 Å². The van der Waals surface area contributed by atoms with Crippen molar-refractivity contribution in [3.63, 3.8) is 0 Å². The molecule has 1 rings (SSSR count). The van der Waals surface area contributed by atoms with Gasteiger partial charge in [0.25, 0.3) is 0 Å². The molecule has 0 amide bonds. The summed E-state index contributed by atoms with van der Waals surface area (Å²) in [4.78, 5) is 11.9. The van der Waals surface area contributed by atoms with Crippen molar-refractivity contribution >= 4 is 14.1 Å². The smallest absolute Gasteiger partial charge is 0.249 e. The lowest BCUT2D eigenvalue weighted by molar-refractivity contribution is -0.323. The first-order valence-corrected chi connectivity index (χ1v) is 9.50. The Balaban J connectivity index is 3.18. The molecule has 0 aromatic carbocycles. The molecule has 7 nitrogen and oxygen atoms in total. The van der Waals surface area contributed by atoms with Crippen molar-refractivity contribution in [2.75, 3.05) is 6.61 Å². The van der Waals surface area contributed by atoms with Gasteiger partial charge in [0.15, 0.2) is 14.1 Å². The number of ketones is 1. The third-order valence-corrected chi connectivity index (χ3v) is 3.81. The second kappa shape index (κ2) is 5.56. The average Bonchev–Trinajstić information content (AvgIpc) is 2.28. The molecule has 4 N–H and O–H groups in total. The molecular weight excluding hydrogens is 272 g/mol. The molecule has 8 heteroatoms. The summed E-state index contributed by atoms with van der Waals surface area (Å²) in [5.41, 5.74) is 0. The molecular formula is C11H22O7Si. The van der Waals surface area contributed by atoms with E-state index in [9.17, 15) is 20.1 Å². The van der Waals surface area contributed by atoms with Crippen LogP contribution in [-0.4, -0.2) is 71.3 Å². The van der Waals surface area contributed by atoms with Gasteiger partial charge in [-0.25, -0.2) is 0 Å². The normalized spacial score (nSPS) is 40.2. The Hall–Kier alpha value is -0.353. The SMILES string of the molecule is CC(=O)[C@@]1(O[Si](C)(C)C)O[C@H](CO)[C@@H](O)[C@H](O)[C@H]1O. The van der Waals surface area contributed by atoms with Crippen LogP contribution in [0.5, 0.6) is 0 Å². The number of Topliss-reactive ketones (excluding diaryl/α,β-unsaturated/α-hetero) is 1. The Morgan fingerprint density at radius 1 is 1.26 bits per heavy atom. The van der Waals surface area contributed by atoms with Gasteiger partial charge in [-0.2, -0.15) is 0 Å². The number of aliphatic hydroxyl groups is 4. The number of rotatable bonds is 4. The van der Waals surface area contributed by atoms with E-state index >= 15 is 0 Å². The number of carbonyl (C=O) groups is 1. The fourth-order valence-electron chi connectivity index (χ4n) is 2.04. The van der Waals surface area contributed by atoms with E-state index in [1.165, 1.54) is 6.92 Å². The van der Waals surface area contributed by atoms with Gasteiger partial charge in [0, 0.05) is 6.92 Å². The summed E-state index contributed by atoms with van der Waals surface area (Å²) in [7, 11) is -2.30. The minimum atomic E-state index is -2.30. The van der Waals surface area contributed by atoms with Crippen LogP contribution in [0, 0.1) is 0 Å². The molecule has 1 heterocycles. The molecule has 1 aliphatic heterocycles. The van der Waals surface area contributed by atoms with Gasteiger partial charge >= 0.3 is 0 Å². The van der Waals surface area contributed by atoms with E-state index < -0.39 is 50.9 Å². The molecule has 5 atom stereocenters. The molecule has 112 valence electrons. The van der Waals surface area contributed by atoms with Crippen molar-refractivity contribution in [1.82, 2.24) is 0 Å². The lowest BCUT2D eigenvalue weighted by Gasteiger charge is -2.48. The molecule has 19 heavy (non-hydrogen) atoms. The van der Waals surface area contributed by atoms with E-state index in [1.54, 1.807) is 19.6 Å². The van der Waals surface area contributed by atoms with Crippen molar-refractivity contribution in [1.29, 1.82) is 0 Å². The third kappa shape index (κ3) is 3.22. The van der Waals surface area contributed by atoms with Crippen LogP contribution in [0.4, 0.5) is 0 Å². The van der Waals surface area contributed by atoms with Crippen molar-refractivity contribution in [2.24, 2.45) is 0 Å². The van der Waals surface area contributed by atoms with Gasteiger partial charge in [-0.05, 0) is 19.6 Å². The number of hydrogen-bond acceptors (Lipinski definition) is 7. The summed E-state index contributed by atoms with van der Waals surface area (Å²) < 4.78 is 10.9. The number of carbonyl (C=O) groups excluding carboxylic acids is 1. The summed E-state index contributed by atoms with van der Waals surface area (Å²) in [6.45, 7) is 5.94. The zero-order valence-corrected chi connectivity index (χ0v) is 12.5. The second-order valence-electron chi connectivity index (χ2n) is 5.70. The standard InChI is InChI=1S/C11H22O7Si/c1-6(13)11(18-19(2,3)4)10(16)9(15)8(14)7(5-12)17-11/h7-10,12,14-16H,5H2,1-4H3/t7-,8-,9+,10-,11+/m1/s1. The van der Waals surface area contributed by atoms with E-state index in [1.807, 2.05) is 0 Å². The van der Waals surface area contributed by atoms with E-state index in [4.69, 9.17) is 14.3 Å². The Bertz CT molecular complexity index is 340. The van der Waals surface area contributed by atoms with Crippen LogP contribution in [0.2, 0.25) is 19.6 Å². The van der Waals surface area contributed by atoms with E-state index in [0.717, 1.165) is 0 Å². The molecule has 0 aromatic rings. The molecule has 1 aliphatic rings. The Morgan fingerprint density at radius 3 is 2.16 bits per heavy atom. The highest BCUT2D eigenvalue weighted by Crippen LogP contribution is 2.34. The van der Waals surface area contributed by atoms with E-state index in [0.29, 0.717) is 0 Å². The molecule has 0 unspecified atom stereocenters. The first-order chi connectivity index (χ1) is 8.55. The molecule has 0 bridgehead atoms. The topological polar surface area (TPSA) is 116 Å². The zero-order chi connectivity index (χ0) is 15.0. The Labute approximate surface area is 112 Å². The Kier molecular flexibility index (Phi) is 4.89. The predicted molar refractivity (Wildman–Crippen MR) is 67.8 cm³/mol. The Morgan fingerprint density at radius 2 is 1.79 bits per heavy atom. The van der Waals surface area contributed by atoms with Gasteiger partial charge in [0.05, 0.1) is 6.61 Å². The van der Waals surface area contributed by atoms with Crippen LogP contribution in [0.1, 0.15) is 6.92 Å². The highest BCUT2D eigenvalue weighted by Gasteiger charge is 2.58. The van der Waals surface area contributed by atoms with Gasteiger partial charge in [-0.1, -0.05) is 0 Å². The van der Waals surface area contributed by atoms with Gasteiger partial charge in [0.2, 0.25) is 5.79 Å². The average molecular weight is 294 g/mol. The first-order valence-electron chi connectivity index (χ1n) is 6.09. The lowest BCUT2D eigenvalue weighted by Crippen LogP contribution is -2.70. The van der Waals surface area contributed by atoms with E-state index in [2.05, 4.69) is 0 Å². The fourth-order valence-corrected chi connectivity index (χ4v) is 3.27.